The Hall–Kier alpha value is -1.09. The quantitative estimate of drug-likeness (QED) is 0.780. The summed E-state index contributed by atoms with van der Waals surface area (Å²) in [6.07, 6.45) is 3.96. The van der Waals surface area contributed by atoms with Gasteiger partial charge in [0, 0.05) is 12.2 Å². The molecular formula is C16H26N2O. The van der Waals surface area contributed by atoms with Gasteiger partial charge in [-0.05, 0) is 43.9 Å². The fraction of sp³-hybridized carbons (Fsp3) is 0.688. The lowest BCUT2D eigenvalue weighted by molar-refractivity contribution is 0.296. The van der Waals surface area contributed by atoms with E-state index in [2.05, 4.69) is 30.2 Å². The molecule has 1 saturated carbocycles. The summed E-state index contributed by atoms with van der Waals surface area (Å²) < 4.78 is 5.90. The van der Waals surface area contributed by atoms with E-state index in [1.807, 2.05) is 13.0 Å². The summed E-state index contributed by atoms with van der Waals surface area (Å²) in [5.74, 6) is 2.52. The maximum atomic E-state index is 5.90. The van der Waals surface area contributed by atoms with Crippen molar-refractivity contribution >= 4 is 0 Å². The molecule has 2 rings (SSSR count). The summed E-state index contributed by atoms with van der Waals surface area (Å²) in [6, 6.07) is 4.08. The van der Waals surface area contributed by atoms with Crippen molar-refractivity contribution in [3.8, 4) is 5.75 Å². The highest BCUT2D eigenvalue weighted by Crippen LogP contribution is 2.32. The number of aryl methyl sites for hydroxylation is 1. The minimum atomic E-state index is 0.657. The Morgan fingerprint density at radius 2 is 2.16 bits per heavy atom. The topological polar surface area (TPSA) is 34.1 Å². The van der Waals surface area contributed by atoms with Crippen molar-refractivity contribution in [3.05, 3.63) is 23.5 Å². The first-order valence-electron chi connectivity index (χ1n) is 7.45. The smallest absolute Gasteiger partial charge is 0.142 e. The Morgan fingerprint density at radius 1 is 1.37 bits per heavy atom. The van der Waals surface area contributed by atoms with E-state index in [0.29, 0.717) is 5.92 Å². The van der Waals surface area contributed by atoms with E-state index in [1.165, 1.54) is 19.3 Å². The highest BCUT2D eigenvalue weighted by molar-refractivity contribution is 5.29. The van der Waals surface area contributed by atoms with Gasteiger partial charge in [-0.2, -0.15) is 0 Å². The lowest BCUT2D eigenvalue weighted by Gasteiger charge is -2.13. The molecule has 0 atom stereocenters. The van der Waals surface area contributed by atoms with E-state index >= 15 is 0 Å². The fourth-order valence-electron chi connectivity index (χ4n) is 2.08. The summed E-state index contributed by atoms with van der Waals surface area (Å²) in [6.45, 7) is 9.08. The summed E-state index contributed by atoms with van der Waals surface area (Å²) in [5.41, 5.74) is 2.09. The molecular weight excluding hydrogens is 236 g/mol. The van der Waals surface area contributed by atoms with Crippen LogP contribution in [0.1, 0.15) is 44.5 Å². The first-order valence-corrected chi connectivity index (χ1v) is 7.45. The van der Waals surface area contributed by atoms with Crippen molar-refractivity contribution < 1.29 is 4.74 Å². The normalized spacial score (nSPS) is 14.9. The standard InChI is InChI=1S/C16H26N2O/c1-12(2)10-17-11-15-16(7-4-13(3)18-15)19-9-8-14-5-6-14/h4,7,12,14,17H,5-6,8-11H2,1-3H3. The molecule has 1 fully saturated rings. The van der Waals surface area contributed by atoms with Crippen LogP contribution in [0.25, 0.3) is 0 Å². The third kappa shape index (κ3) is 5.19. The third-order valence-corrected chi connectivity index (χ3v) is 3.40. The Morgan fingerprint density at radius 3 is 2.84 bits per heavy atom. The highest BCUT2D eigenvalue weighted by atomic mass is 16.5. The lowest BCUT2D eigenvalue weighted by Crippen LogP contribution is -2.20. The molecule has 0 aromatic carbocycles. The second-order valence-electron chi connectivity index (χ2n) is 6.00. The second-order valence-corrected chi connectivity index (χ2v) is 6.00. The molecule has 0 bridgehead atoms. The molecule has 1 aromatic heterocycles. The van der Waals surface area contributed by atoms with Crippen LogP contribution in [0.5, 0.6) is 5.75 Å². The minimum absolute atomic E-state index is 0.657. The number of hydrogen-bond donors (Lipinski definition) is 1. The molecule has 1 aromatic rings. The minimum Gasteiger partial charge on any atom is -0.492 e. The van der Waals surface area contributed by atoms with Crippen LogP contribution in [-0.2, 0) is 6.54 Å². The molecule has 3 nitrogen and oxygen atoms in total. The number of hydrogen-bond acceptors (Lipinski definition) is 3. The second kappa shape index (κ2) is 6.90. The molecule has 1 N–H and O–H groups in total. The first kappa shape index (κ1) is 14.3. The fourth-order valence-corrected chi connectivity index (χ4v) is 2.08. The van der Waals surface area contributed by atoms with E-state index in [0.717, 1.165) is 42.8 Å². The van der Waals surface area contributed by atoms with Gasteiger partial charge in [0.15, 0.2) is 0 Å². The Labute approximate surface area is 116 Å². The zero-order valence-corrected chi connectivity index (χ0v) is 12.4. The molecule has 0 spiro atoms. The zero-order valence-electron chi connectivity index (χ0n) is 12.4. The molecule has 0 unspecified atom stereocenters. The van der Waals surface area contributed by atoms with Crippen LogP contribution in [0, 0.1) is 18.8 Å². The largest absolute Gasteiger partial charge is 0.492 e. The van der Waals surface area contributed by atoms with Crippen molar-refractivity contribution in [2.75, 3.05) is 13.2 Å². The first-order chi connectivity index (χ1) is 9.15. The summed E-state index contributed by atoms with van der Waals surface area (Å²) in [5, 5.41) is 3.44. The van der Waals surface area contributed by atoms with Crippen LogP contribution in [0.3, 0.4) is 0 Å². The summed E-state index contributed by atoms with van der Waals surface area (Å²) in [4.78, 5) is 4.60. The molecule has 1 heterocycles. The maximum absolute atomic E-state index is 5.90. The van der Waals surface area contributed by atoms with Gasteiger partial charge in [0.1, 0.15) is 5.75 Å². The van der Waals surface area contributed by atoms with Crippen LogP contribution >= 0.6 is 0 Å². The van der Waals surface area contributed by atoms with Crippen molar-refractivity contribution in [1.82, 2.24) is 10.3 Å². The number of aromatic nitrogens is 1. The van der Waals surface area contributed by atoms with Gasteiger partial charge >= 0.3 is 0 Å². The average molecular weight is 262 g/mol. The van der Waals surface area contributed by atoms with Crippen LogP contribution in [-0.4, -0.2) is 18.1 Å². The molecule has 106 valence electrons. The van der Waals surface area contributed by atoms with Gasteiger partial charge in [-0.15, -0.1) is 0 Å². The molecule has 3 heteroatoms. The zero-order chi connectivity index (χ0) is 13.7. The van der Waals surface area contributed by atoms with Gasteiger partial charge in [0.25, 0.3) is 0 Å². The van der Waals surface area contributed by atoms with E-state index in [9.17, 15) is 0 Å². The van der Waals surface area contributed by atoms with Gasteiger partial charge in [0.05, 0.1) is 12.3 Å². The third-order valence-electron chi connectivity index (χ3n) is 3.40. The molecule has 0 aliphatic heterocycles. The lowest BCUT2D eigenvalue weighted by atomic mass is 10.2. The van der Waals surface area contributed by atoms with Gasteiger partial charge in [-0.25, -0.2) is 0 Å². The highest BCUT2D eigenvalue weighted by Gasteiger charge is 2.20. The SMILES string of the molecule is Cc1ccc(OCCC2CC2)c(CNCC(C)C)n1. The van der Waals surface area contributed by atoms with E-state index in [4.69, 9.17) is 4.74 Å². The average Bonchev–Trinajstić information content (AvgIpc) is 3.15. The molecule has 19 heavy (non-hydrogen) atoms. The summed E-state index contributed by atoms with van der Waals surface area (Å²) in [7, 11) is 0. The van der Waals surface area contributed by atoms with Crippen LogP contribution in [0.4, 0.5) is 0 Å². The molecule has 0 amide bonds. The van der Waals surface area contributed by atoms with E-state index < -0.39 is 0 Å². The monoisotopic (exact) mass is 262 g/mol. The van der Waals surface area contributed by atoms with Gasteiger partial charge in [-0.3, -0.25) is 4.98 Å². The molecule has 1 aliphatic rings. The van der Waals surface area contributed by atoms with Gasteiger partial charge in [-0.1, -0.05) is 26.7 Å². The number of nitrogens with zero attached hydrogens (tertiary/aromatic N) is 1. The van der Waals surface area contributed by atoms with Crippen molar-refractivity contribution in [3.63, 3.8) is 0 Å². The Bertz CT molecular complexity index is 400. The number of pyridine rings is 1. The maximum Gasteiger partial charge on any atom is 0.142 e. The molecule has 0 radical (unpaired) electrons. The van der Waals surface area contributed by atoms with Gasteiger partial charge < -0.3 is 10.1 Å². The van der Waals surface area contributed by atoms with Crippen molar-refractivity contribution in [2.24, 2.45) is 11.8 Å². The van der Waals surface area contributed by atoms with Crippen LogP contribution < -0.4 is 10.1 Å². The Kier molecular flexibility index (Phi) is 5.20. The van der Waals surface area contributed by atoms with Gasteiger partial charge in [0.2, 0.25) is 0 Å². The number of rotatable bonds is 8. The van der Waals surface area contributed by atoms with Crippen LogP contribution in [0.2, 0.25) is 0 Å². The molecule has 0 saturated heterocycles. The van der Waals surface area contributed by atoms with E-state index in [-0.39, 0.29) is 0 Å². The van der Waals surface area contributed by atoms with Crippen LogP contribution in [0.15, 0.2) is 12.1 Å². The van der Waals surface area contributed by atoms with Crippen molar-refractivity contribution in [2.45, 2.75) is 46.6 Å². The molecule has 1 aliphatic carbocycles. The predicted octanol–water partition coefficient (Wildman–Crippen LogP) is 3.31. The van der Waals surface area contributed by atoms with E-state index in [1.54, 1.807) is 0 Å². The summed E-state index contributed by atoms with van der Waals surface area (Å²) >= 11 is 0. The predicted molar refractivity (Wildman–Crippen MR) is 78.4 cm³/mol. The van der Waals surface area contributed by atoms with Crippen molar-refractivity contribution in [1.29, 1.82) is 0 Å². The number of nitrogens with one attached hydrogen (secondary N) is 1. The number of ether oxygens (including phenoxy) is 1. The Balaban J connectivity index is 1.87.